The monoisotopic (exact) mass is 255 g/mol. The molecule has 0 spiro atoms. The Labute approximate surface area is 114 Å². The fourth-order valence-corrected chi connectivity index (χ4v) is 3.22. The van der Waals surface area contributed by atoms with Crippen LogP contribution in [0.5, 0.6) is 0 Å². The first-order chi connectivity index (χ1) is 8.71. The van der Waals surface area contributed by atoms with E-state index in [0.29, 0.717) is 6.04 Å². The molecule has 1 N–H and O–H groups in total. The lowest BCUT2D eigenvalue weighted by molar-refractivity contribution is 0.186. The molecule has 108 valence electrons. The van der Waals surface area contributed by atoms with Gasteiger partial charge in [-0.2, -0.15) is 0 Å². The third-order valence-electron chi connectivity index (χ3n) is 4.09. The van der Waals surface area contributed by atoms with Crippen LogP contribution in [-0.2, 0) is 0 Å². The van der Waals surface area contributed by atoms with Crippen molar-refractivity contribution in [3.8, 4) is 0 Å². The van der Waals surface area contributed by atoms with Crippen molar-refractivity contribution in [2.45, 2.75) is 58.5 Å². The Bertz CT molecular complexity index is 202. The van der Waals surface area contributed by atoms with Gasteiger partial charge in [-0.3, -0.25) is 4.90 Å². The third-order valence-corrected chi connectivity index (χ3v) is 4.09. The van der Waals surface area contributed by atoms with Crippen molar-refractivity contribution < 1.29 is 0 Å². The van der Waals surface area contributed by atoms with E-state index in [1.165, 1.54) is 51.9 Å². The number of hydrogen-bond acceptors (Lipinski definition) is 3. The van der Waals surface area contributed by atoms with Crippen LogP contribution in [0.25, 0.3) is 0 Å². The summed E-state index contributed by atoms with van der Waals surface area (Å²) in [6.45, 7) is 12.8. The molecule has 0 amide bonds. The Morgan fingerprint density at radius 3 is 2.72 bits per heavy atom. The number of likely N-dealkylation sites (tertiary alicyclic amines) is 1. The van der Waals surface area contributed by atoms with Gasteiger partial charge in [-0.05, 0) is 45.9 Å². The Morgan fingerprint density at radius 2 is 2.11 bits per heavy atom. The first-order valence-electron chi connectivity index (χ1n) is 7.87. The first kappa shape index (κ1) is 15.9. The van der Waals surface area contributed by atoms with Crippen LogP contribution in [0.1, 0.15) is 46.5 Å². The van der Waals surface area contributed by atoms with E-state index < -0.39 is 0 Å². The van der Waals surface area contributed by atoms with E-state index in [9.17, 15) is 0 Å². The highest BCUT2D eigenvalue weighted by Gasteiger charge is 2.24. The molecule has 2 atom stereocenters. The molecule has 3 nitrogen and oxygen atoms in total. The van der Waals surface area contributed by atoms with Crippen molar-refractivity contribution in [2.24, 2.45) is 0 Å². The fourth-order valence-electron chi connectivity index (χ4n) is 3.22. The molecule has 0 bridgehead atoms. The maximum Gasteiger partial charge on any atom is 0.0223 e. The van der Waals surface area contributed by atoms with Crippen LogP contribution in [0, 0.1) is 0 Å². The molecular weight excluding hydrogens is 222 g/mol. The van der Waals surface area contributed by atoms with Gasteiger partial charge in [0.25, 0.3) is 0 Å². The van der Waals surface area contributed by atoms with E-state index in [0.717, 1.165) is 12.6 Å². The summed E-state index contributed by atoms with van der Waals surface area (Å²) < 4.78 is 0. The Kier molecular flexibility index (Phi) is 7.87. The maximum atomic E-state index is 3.61. The SMILES string of the molecule is CCCC(CN(C)CC1CCCN1CC)NCC. The van der Waals surface area contributed by atoms with E-state index in [-0.39, 0.29) is 0 Å². The second kappa shape index (κ2) is 8.89. The third kappa shape index (κ3) is 5.25. The summed E-state index contributed by atoms with van der Waals surface area (Å²) in [5.74, 6) is 0. The predicted molar refractivity (Wildman–Crippen MR) is 80.1 cm³/mol. The molecule has 1 aliphatic heterocycles. The highest BCUT2D eigenvalue weighted by atomic mass is 15.2. The van der Waals surface area contributed by atoms with Crippen LogP contribution in [0.4, 0.5) is 0 Å². The molecule has 0 aromatic rings. The minimum absolute atomic E-state index is 0.668. The average Bonchev–Trinajstić information content (AvgIpc) is 2.76. The number of nitrogens with one attached hydrogen (secondary N) is 1. The molecule has 1 aliphatic rings. The lowest BCUT2D eigenvalue weighted by Gasteiger charge is -2.30. The molecule has 1 saturated heterocycles. The highest BCUT2D eigenvalue weighted by Crippen LogP contribution is 2.17. The first-order valence-corrected chi connectivity index (χ1v) is 7.87. The van der Waals surface area contributed by atoms with Crippen LogP contribution in [-0.4, -0.2) is 61.7 Å². The number of rotatable bonds is 9. The molecule has 1 heterocycles. The summed E-state index contributed by atoms with van der Waals surface area (Å²) in [4.78, 5) is 5.17. The zero-order valence-corrected chi connectivity index (χ0v) is 12.9. The topological polar surface area (TPSA) is 18.5 Å². The molecule has 0 saturated carbocycles. The molecule has 1 rings (SSSR count). The minimum atomic E-state index is 0.668. The zero-order valence-electron chi connectivity index (χ0n) is 12.9. The lowest BCUT2D eigenvalue weighted by Crippen LogP contribution is -2.44. The van der Waals surface area contributed by atoms with Crippen LogP contribution in [0.15, 0.2) is 0 Å². The molecule has 0 aliphatic carbocycles. The van der Waals surface area contributed by atoms with Gasteiger partial charge in [0.2, 0.25) is 0 Å². The molecular formula is C15H33N3. The van der Waals surface area contributed by atoms with E-state index >= 15 is 0 Å². The van der Waals surface area contributed by atoms with Gasteiger partial charge >= 0.3 is 0 Å². The summed E-state index contributed by atoms with van der Waals surface area (Å²) >= 11 is 0. The number of hydrogen-bond donors (Lipinski definition) is 1. The van der Waals surface area contributed by atoms with Crippen molar-refractivity contribution in [1.82, 2.24) is 15.1 Å². The molecule has 0 radical (unpaired) electrons. The zero-order chi connectivity index (χ0) is 13.4. The molecule has 18 heavy (non-hydrogen) atoms. The van der Waals surface area contributed by atoms with Crippen LogP contribution < -0.4 is 5.32 Å². The quantitative estimate of drug-likeness (QED) is 0.681. The summed E-state index contributed by atoms with van der Waals surface area (Å²) in [6, 6.07) is 1.46. The number of nitrogens with zero attached hydrogens (tertiary/aromatic N) is 2. The Balaban J connectivity index is 2.32. The Hall–Kier alpha value is -0.120. The maximum absolute atomic E-state index is 3.61. The highest BCUT2D eigenvalue weighted by molar-refractivity contribution is 4.81. The van der Waals surface area contributed by atoms with Crippen molar-refractivity contribution in [2.75, 3.05) is 39.8 Å². The second-order valence-corrected chi connectivity index (χ2v) is 5.69. The van der Waals surface area contributed by atoms with Gasteiger partial charge in [0.1, 0.15) is 0 Å². The average molecular weight is 255 g/mol. The Morgan fingerprint density at radius 1 is 1.33 bits per heavy atom. The van der Waals surface area contributed by atoms with Crippen molar-refractivity contribution in [3.63, 3.8) is 0 Å². The molecule has 0 aromatic heterocycles. The second-order valence-electron chi connectivity index (χ2n) is 5.69. The van der Waals surface area contributed by atoms with E-state index in [1.807, 2.05) is 0 Å². The van der Waals surface area contributed by atoms with Gasteiger partial charge in [-0.25, -0.2) is 0 Å². The van der Waals surface area contributed by atoms with Crippen LogP contribution >= 0.6 is 0 Å². The smallest absolute Gasteiger partial charge is 0.0223 e. The number of likely N-dealkylation sites (N-methyl/N-ethyl adjacent to an activating group) is 3. The molecule has 1 fully saturated rings. The van der Waals surface area contributed by atoms with E-state index in [2.05, 4.69) is 42.9 Å². The predicted octanol–water partition coefficient (Wildman–Crippen LogP) is 2.18. The van der Waals surface area contributed by atoms with E-state index in [4.69, 9.17) is 0 Å². The normalized spacial score (nSPS) is 22.8. The van der Waals surface area contributed by atoms with E-state index in [1.54, 1.807) is 0 Å². The van der Waals surface area contributed by atoms with Crippen molar-refractivity contribution in [1.29, 1.82) is 0 Å². The van der Waals surface area contributed by atoms with Crippen LogP contribution in [0.3, 0.4) is 0 Å². The van der Waals surface area contributed by atoms with Gasteiger partial charge in [0.15, 0.2) is 0 Å². The minimum Gasteiger partial charge on any atom is -0.313 e. The summed E-state index contributed by atoms with van der Waals surface area (Å²) in [5, 5.41) is 3.61. The largest absolute Gasteiger partial charge is 0.313 e. The fraction of sp³-hybridized carbons (Fsp3) is 1.00. The van der Waals surface area contributed by atoms with Crippen molar-refractivity contribution in [3.05, 3.63) is 0 Å². The standard InChI is InChI=1S/C15H33N3/c1-5-9-14(16-6-2)12-17(4)13-15-10-8-11-18(15)7-3/h14-16H,5-13H2,1-4H3. The molecule has 2 unspecified atom stereocenters. The molecule has 3 heteroatoms. The van der Waals surface area contributed by atoms with Gasteiger partial charge in [0, 0.05) is 25.2 Å². The summed E-state index contributed by atoms with van der Waals surface area (Å²) in [5.41, 5.74) is 0. The van der Waals surface area contributed by atoms with Gasteiger partial charge < -0.3 is 10.2 Å². The van der Waals surface area contributed by atoms with Gasteiger partial charge in [-0.15, -0.1) is 0 Å². The van der Waals surface area contributed by atoms with Crippen molar-refractivity contribution >= 4 is 0 Å². The lowest BCUT2D eigenvalue weighted by atomic mass is 10.1. The molecule has 0 aromatic carbocycles. The van der Waals surface area contributed by atoms with Gasteiger partial charge in [0.05, 0.1) is 0 Å². The summed E-state index contributed by atoms with van der Waals surface area (Å²) in [7, 11) is 2.28. The summed E-state index contributed by atoms with van der Waals surface area (Å²) in [6.07, 6.45) is 5.34. The van der Waals surface area contributed by atoms with Gasteiger partial charge in [-0.1, -0.05) is 27.2 Å². The van der Waals surface area contributed by atoms with Crippen LogP contribution in [0.2, 0.25) is 0 Å².